The number of aliphatic hydroxyl groups is 2. The van der Waals surface area contributed by atoms with Crippen molar-refractivity contribution < 1.29 is 20.1 Å². The van der Waals surface area contributed by atoms with E-state index in [-0.39, 0.29) is 19.0 Å². The van der Waals surface area contributed by atoms with Crippen LogP contribution in [0.2, 0.25) is 0 Å². The summed E-state index contributed by atoms with van der Waals surface area (Å²) < 4.78 is 0. The van der Waals surface area contributed by atoms with E-state index in [0.717, 1.165) is 11.5 Å². The molecule has 0 radical (unpaired) electrons. The number of thioether (sulfide) groups is 1. The summed E-state index contributed by atoms with van der Waals surface area (Å²) in [6.45, 7) is 0.426. The average Bonchev–Trinajstić information content (AvgIpc) is 2.07. The summed E-state index contributed by atoms with van der Waals surface area (Å²) in [7, 11) is 0. The Hall–Kier alpha value is 0.0900. The highest BCUT2D eigenvalue weighted by atomic mass is 32.2. The number of hydrogen-bond donors (Lipinski definition) is 4. The zero-order valence-corrected chi connectivity index (χ0v) is 8.35. The highest BCUT2D eigenvalue weighted by Gasteiger charge is 1.82. The zero-order valence-electron chi connectivity index (χ0n) is 6.64. The van der Waals surface area contributed by atoms with E-state index in [9.17, 15) is 4.79 Å². The molecule has 0 aliphatic carbocycles. The van der Waals surface area contributed by atoms with Gasteiger partial charge in [-0.25, -0.2) is 0 Å². The highest BCUT2D eigenvalue weighted by molar-refractivity contribution is 7.99. The van der Waals surface area contributed by atoms with Crippen LogP contribution >= 0.6 is 24.4 Å². The third-order valence-electron chi connectivity index (χ3n) is 0.607. The van der Waals surface area contributed by atoms with E-state index in [0.29, 0.717) is 0 Å². The van der Waals surface area contributed by atoms with Crippen molar-refractivity contribution >= 4 is 30.4 Å². The summed E-state index contributed by atoms with van der Waals surface area (Å²) in [5.41, 5.74) is 0. The molecule has 3 N–H and O–H groups in total. The lowest BCUT2D eigenvalue weighted by Gasteiger charge is -1.90. The molecule has 0 aromatic rings. The van der Waals surface area contributed by atoms with Gasteiger partial charge in [-0.1, -0.05) is 0 Å². The highest BCUT2D eigenvalue weighted by Crippen LogP contribution is 1.94. The van der Waals surface area contributed by atoms with Crippen LogP contribution in [0.1, 0.15) is 0 Å². The summed E-state index contributed by atoms with van der Waals surface area (Å²) in [6, 6.07) is 0. The van der Waals surface area contributed by atoms with E-state index in [2.05, 4.69) is 12.6 Å². The van der Waals surface area contributed by atoms with Gasteiger partial charge in [0.2, 0.25) is 0 Å². The second-order valence-electron chi connectivity index (χ2n) is 1.61. The van der Waals surface area contributed by atoms with Gasteiger partial charge in [0, 0.05) is 11.5 Å². The van der Waals surface area contributed by atoms with Gasteiger partial charge in [0.15, 0.2) is 0 Å². The number of aliphatic hydroxyl groups excluding tert-OH is 2. The lowest BCUT2D eigenvalue weighted by atomic mass is 10.8. The summed E-state index contributed by atoms with van der Waals surface area (Å²) in [6.07, 6.45) is 0. The molecular weight excluding hydrogens is 200 g/mol. The van der Waals surface area contributed by atoms with Crippen molar-refractivity contribution in [2.24, 2.45) is 0 Å². The van der Waals surface area contributed by atoms with Crippen molar-refractivity contribution in [3.8, 4) is 0 Å². The second-order valence-corrected chi connectivity index (χ2v) is 3.15. The van der Waals surface area contributed by atoms with Gasteiger partial charge < -0.3 is 15.3 Å². The molecule has 0 fully saturated rings. The Morgan fingerprint density at radius 3 is 1.75 bits per heavy atom. The van der Waals surface area contributed by atoms with Crippen LogP contribution in [0.15, 0.2) is 0 Å². The van der Waals surface area contributed by atoms with Crippen molar-refractivity contribution in [2.75, 3.05) is 30.5 Å². The molecule has 0 amide bonds. The van der Waals surface area contributed by atoms with E-state index < -0.39 is 5.97 Å². The van der Waals surface area contributed by atoms with Crippen molar-refractivity contribution in [1.82, 2.24) is 0 Å². The molecule has 0 bridgehead atoms. The minimum absolute atomic E-state index is 0.0833. The Balaban J connectivity index is 0. The molecule has 0 saturated heterocycles. The minimum atomic E-state index is -0.881. The second kappa shape index (κ2) is 13.7. The fourth-order valence-corrected chi connectivity index (χ4v) is 0.693. The number of hydrogen-bond acceptors (Lipinski definition) is 5. The van der Waals surface area contributed by atoms with E-state index in [4.69, 9.17) is 15.3 Å². The minimum Gasteiger partial charge on any atom is -0.481 e. The number of carboxylic acid groups (broad SMARTS) is 1. The molecule has 0 aromatic heterocycles. The first kappa shape index (κ1) is 14.6. The smallest absolute Gasteiger partial charge is 0.313 e. The van der Waals surface area contributed by atoms with Crippen molar-refractivity contribution in [3.05, 3.63) is 0 Å². The van der Waals surface area contributed by atoms with E-state index >= 15 is 0 Å². The SMILES string of the molecule is O=C(O)CS.OCCSCCO. The summed E-state index contributed by atoms with van der Waals surface area (Å²) >= 11 is 4.97. The van der Waals surface area contributed by atoms with Crippen LogP contribution in [0.3, 0.4) is 0 Å². The average molecular weight is 214 g/mol. The van der Waals surface area contributed by atoms with Gasteiger partial charge in [0.25, 0.3) is 0 Å². The quantitative estimate of drug-likeness (QED) is 0.373. The van der Waals surface area contributed by atoms with Crippen molar-refractivity contribution in [2.45, 2.75) is 0 Å². The van der Waals surface area contributed by atoms with E-state index in [1.807, 2.05) is 0 Å². The molecule has 0 aromatic carbocycles. The van der Waals surface area contributed by atoms with Crippen LogP contribution in [0.5, 0.6) is 0 Å². The molecule has 12 heavy (non-hydrogen) atoms. The Kier molecular flexibility index (Phi) is 16.6. The Labute approximate surface area is 81.4 Å². The molecular formula is C6H14O4S2. The first-order valence-electron chi connectivity index (χ1n) is 3.31. The molecule has 0 aliphatic heterocycles. The zero-order chi connectivity index (χ0) is 9.82. The predicted octanol–water partition coefficient (Wildman–Crippen LogP) is -0.295. The molecule has 0 rings (SSSR count). The number of thiol groups is 1. The fraction of sp³-hybridized carbons (Fsp3) is 0.833. The van der Waals surface area contributed by atoms with Gasteiger partial charge in [0.05, 0.1) is 19.0 Å². The Morgan fingerprint density at radius 1 is 1.25 bits per heavy atom. The molecule has 74 valence electrons. The molecule has 0 saturated carbocycles. The standard InChI is InChI=1S/C4H10O2S.C2H4O2S/c5-1-3-7-4-2-6;3-2(4)1-5/h5-6H,1-4H2;5H,1H2,(H,3,4). The molecule has 0 aliphatic rings. The molecule has 0 atom stereocenters. The lowest BCUT2D eigenvalue weighted by Crippen LogP contribution is -1.92. The Bertz CT molecular complexity index is 95.5. The van der Waals surface area contributed by atoms with Crippen LogP contribution in [0, 0.1) is 0 Å². The van der Waals surface area contributed by atoms with E-state index in [1.54, 1.807) is 11.8 Å². The largest absolute Gasteiger partial charge is 0.481 e. The van der Waals surface area contributed by atoms with E-state index in [1.165, 1.54) is 0 Å². The first-order chi connectivity index (χ1) is 5.68. The summed E-state index contributed by atoms with van der Waals surface area (Å²) in [5, 5.41) is 24.0. The normalized spacial score (nSPS) is 8.58. The van der Waals surface area contributed by atoms with Gasteiger partial charge in [-0.15, -0.1) is 0 Å². The number of aliphatic carboxylic acids is 1. The van der Waals surface area contributed by atoms with Crippen LogP contribution in [0.4, 0.5) is 0 Å². The summed E-state index contributed by atoms with van der Waals surface area (Å²) in [4.78, 5) is 9.29. The predicted molar refractivity (Wildman–Crippen MR) is 53.0 cm³/mol. The van der Waals surface area contributed by atoms with Gasteiger partial charge in [-0.2, -0.15) is 24.4 Å². The molecule has 0 unspecified atom stereocenters. The van der Waals surface area contributed by atoms with Crippen molar-refractivity contribution in [1.29, 1.82) is 0 Å². The summed E-state index contributed by atoms with van der Waals surface area (Å²) in [5.74, 6) is 0.509. The number of carboxylic acids is 1. The molecule has 6 heteroatoms. The third kappa shape index (κ3) is 22.5. The van der Waals surface area contributed by atoms with Crippen LogP contribution < -0.4 is 0 Å². The fourth-order valence-electron chi connectivity index (χ4n) is 0.231. The first-order valence-corrected chi connectivity index (χ1v) is 5.09. The molecule has 4 nitrogen and oxygen atoms in total. The number of carbonyl (C=O) groups is 1. The van der Waals surface area contributed by atoms with Crippen LogP contribution in [-0.4, -0.2) is 51.8 Å². The molecule has 0 heterocycles. The maximum Gasteiger partial charge on any atom is 0.313 e. The van der Waals surface area contributed by atoms with Crippen LogP contribution in [0.25, 0.3) is 0 Å². The van der Waals surface area contributed by atoms with Crippen LogP contribution in [-0.2, 0) is 4.79 Å². The monoisotopic (exact) mass is 214 g/mol. The van der Waals surface area contributed by atoms with Crippen molar-refractivity contribution in [3.63, 3.8) is 0 Å². The number of rotatable bonds is 5. The third-order valence-corrected chi connectivity index (χ3v) is 1.82. The van der Waals surface area contributed by atoms with Gasteiger partial charge in [-0.3, -0.25) is 4.79 Å². The lowest BCUT2D eigenvalue weighted by molar-refractivity contribution is -0.133. The maximum atomic E-state index is 9.29. The van der Waals surface area contributed by atoms with Gasteiger partial charge in [0.1, 0.15) is 0 Å². The van der Waals surface area contributed by atoms with Gasteiger partial charge >= 0.3 is 5.97 Å². The topological polar surface area (TPSA) is 77.8 Å². The maximum absolute atomic E-state index is 9.29. The Morgan fingerprint density at radius 2 is 1.58 bits per heavy atom. The van der Waals surface area contributed by atoms with Gasteiger partial charge in [-0.05, 0) is 0 Å². The molecule has 0 spiro atoms.